The Bertz CT molecular complexity index is 466. The normalized spacial score (nSPS) is 19.9. The van der Waals surface area contributed by atoms with Crippen LogP contribution in [0.1, 0.15) is 38.5 Å². The van der Waals surface area contributed by atoms with E-state index in [2.05, 4.69) is 11.0 Å². The number of hydrogen-bond donors (Lipinski definition) is 0. The van der Waals surface area contributed by atoms with E-state index in [1.165, 1.54) is 19.3 Å². The number of rotatable bonds is 3. The average molecular weight is 273 g/mol. The highest BCUT2D eigenvalue weighted by Crippen LogP contribution is 2.31. The van der Waals surface area contributed by atoms with E-state index >= 15 is 0 Å². The average Bonchev–Trinajstić information content (AvgIpc) is 2.71. The van der Waals surface area contributed by atoms with Crippen LogP contribution in [-0.4, -0.2) is 25.5 Å². The lowest BCUT2D eigenvalue weighted by molar-refractivity contribution is -0.122. The number of nitrogens with zero attached hydrogens (tertiary/aromatic N) is 1. The van der Waals surface area contributed by atoms with Crippen LogP contribution >= 0.6 is 0 Å². The number of fused-ring (bicyclic) bond motifs is 1. The van der Waals surface area contributed by atoms with Crippen molar-refractivity contribution in [3.8, 4) is 5.75 Å². The summed E-state index contributed by atoms with van der Waals surface area (Å²) < 4.78 is 5.75. The van der Waals surface area contributed by atoms with Crippen LogP contribution in [0.15, 0.2) is 24.3 Å². The number of benzene rings is 1. The molecule has 1 aliphatic carbocycles. The molecule has 0 radical (unpaired) electrons. The lowest BCUT2D eigenvalue weighted by Crippen LogP contribution is -2.34. The third-order valence-corrected chi connectivity index (χ3v) is 4.44. The Labute approximate surface area is 120 Å². The molecule has 3 nitrogen and oxygen atoms in total. The lowest BCUT2D eigenvalue weighted by atomic mass is 9.86. The predicted octanol–water partition coefficient (Wildman–Crippen LogP) is 3.42. The highest BCUT2D eigenvalue weighted by molar-refractivity contribution is 5.86. The summed E-state index contributed by atoms with van der Waals surface area (Å²) in [6.07, 6.45) is 6.89. The minimum Gasteiger partial charge on any atom is -0.491 e. The number of ketones is 1. The van der Waals surface area contributed by atoms with Gasteiger partial charge in [0.25, 0.3) is 0 Å². The van der Waals surface area contributed by atoms with Gasteiger partial charge in [-0.1, -0.05) is 31.4 Å². The SMILES string of the molecule is O=C(CN1CCCOc2ccccc21)C1CCCCC1. The molecule has 0 unspecified atom stereocenters. The number of carbonyl (C=O) groups is 1. The minimum atomic E-state index is 0.292. The van der Waals surface area contributed by atoms with Crippen LogP contribution in [0.3, 0.4) is 0 Å². The zero-order valence-electron chi connectivity index (χ0n) is 12.0. The third kappa shape index (κ3) is 2.97. The second-order valence-corrected chi connectivity index (χ2v) is 5.89. The summed E-state index contributed by atoms with van der Waals surface area (Å²) in [6, 6.07) is 8.07. The largest absolute Gasteiger partial charge is 0.491 e. The van der Waals surface area contributed by atoms with Gasteiger partial charge in [0.05, 0.1) is 18.8 Å². The molecule has 20 heavy (non-hydrogen) atoms. The fourth-order valence-corrected chi connectivity index (χ4v) is 3.30. The molecule has 1 heterocycles. The molecule has 0 spiro atoms. The van der Waals surface area contributed by atoms with Crippen LogP contribution in [0.2, 0.25) is 0 Å². The first-order valence-corrected chi connectivity index (χ1v) is 7.84. The van der Waals surface area contributed by atoms with E-state index in [4.69, 9.17) is 4.74 Å². The quantitative estimate of drug-likeness (QED) is 0.845. The Morgan fingerprint density at radius 3 is 2.80 bits per heavy atom. The zero-order chi connectivity index (χ0) is 13.8. The highest BCUT2D eigenvalue weighted by Gasteiger charge is 2.24. The van der Waals surface area contributed by atoms with Crippen LogP contribution in [0.5, 0.6) is 5.75 Å². The molecule has 0 saturated heterocycles. The summed E-state index contributed by atoms with van der Waals surface area (Å²) in [7, 11) is 0. The Hall–Kier alpha value is -1.51. The van der Waals surface area contributed by atoms with E-state index in [0.29, 0.717) is 18.2 Å². The predicted molar refractivity (Wildman–Crippen MR) is 80.3 cm³/mol. The maximum Gasteiger partial charge on any atom is 0.155 e. The van der Waals surface area contributed by atoms with Gasteiger partial charge in [-0.25, -0.2) is 0 Å². The summed E-state index contributed by atoms with van der Waals surface area (Å²) in [5, 5.41) is 0. The number of hydrogen-bond acceptors (Lipinski definition) is 3. The van der Waals surface area contributed by atoms with Crippen molar-refractivity contribution in [2.45, 2.75) is 38.5 Å². The molecule has 1 saturated carbocycles. The maximum atomic E-state index is 12.5. The van der Waals surface area contributed by atoms with Crippen LogP contribution < -0.4 is 9.64 Å². The molecular formula is C17H23NO2. The van der Waals surface area contributed by atoms with E-state index < -0.39 is 0 Å². The number of carbonyl (C=O) groups excluding carboxylic acids is 1. The zero-order valence-corrected chi connectivity index (χ0v) is 12.0. The summed E-state index contributed by atoms with van der Waals surface area (Å²) in [4.78, 5) is 14.7. The van der Waals surface area contributed by atoms with Crippen molar-refractivity contribution in [1.82, 2.24) is 0 Å². The monoisotopic (exact) mass is 273 g/mol. The Morgan fingerprint density at radius 2 is 1.95 bits per heavy atom. The van der Waals surface area contributed by atoms with Crippen molar-refractivity contribution in [2.24, 2.45) is 5.92 Å². The molecule has 1 aliphatic heterocycles. The molecule has 1 fully saturated rings. The Morgan fingerprint density at radius 1 is 1.15 bits per heavy atom. The van der Waals surface area contributed by atoms with Gasteiger partial charge in [-0.3, -0.25) is 4.79 Å². The fraction of sp³-hybridized carbons (Fsp3) is 0.588. The first-order valence-electron chi connectivity index (χ1n) is 7.84. The molecule has 3 rings (SSSR count). The smallest absolute Gasteiger partial charge is 0.155 e. The number of para-hydroxylation sites is 2. The van der Waals surface area contributed by atoms with Crippen molar-refractivity contribution >= 4 is 11.5 Å². The summed E-state index contributed by atoms with van der Waals surface area (Å²) in [6.45, 7) is 2.20. The van der Waals surface area contributed by atoms with Crippen LogP contribution in [0, 0.1) is 5.92 Å². The maximum absolute atomic E-state index is 12.5. The van der Waals surface area contributed by atoms with Gasteiger partial charge in [0.1, 0.15) is 5.75 Å². The van der Waals surface area contributed by atoms with Gasteiger partial charge in [-0.15, -0.1) is 0 Å². The molecule has 0 amide bonds. The van der Waals surface area contributed by atoms with E-state index in [9.17, 15) is 4.79 Å². The molecule has 0 bridgehead atoms. The Kier molecular flexibility index (Phi) is 4.24. The molecule has 1 aromatic rings. The summed E-state index contributed by atoms with van der Waals surface area (Å²) >= 11 is 0. The van der Waals surface area contributed by atoms with Gasteiger partial charge in [0.15, 0.2) is 5.78 Å². The molecule has 1 aromatic carbocycles. The van der Waals surface area contributed by atoms with Gasteiger partial charge >= 0.3 is 0 Å². The lowest BCUT2D eigenvalue weighted by Gasteiger charge is -2.27. The van der Waals surface area contributed by atoms with Crippen molar-refractivity contribution in [2.75, 3.05) is 24.6 Å². The van der Waals surface area contributed by atoms with Gasteiger partial charge < -0.3 is 9.64 Å². The van der Waals surface area contributed by atoms with Gasteiger partial charge in [0, 0.05) is 12.5 Å². The first-order chi connectivity index (χ1) is 9.84. The van der Waals surface area contributed by atoms with Crippen LogP contribution in [0.25, 0.3) is 0 Å². The molecule has 108 valence electrons. The standard InChI is InChI=1S/C17H23NO2/c19-16(14-7-2-1-3-8-14)13-18-11-6-12-20-17-10-5-4-9-15(17)18/h4-5,9-10,14H,1-3,6-8,11-13H2. The number of Topliss-reactive ketones (excluding diaryl/α,β-unsaturated/α-hetero) is 1. The topological polar surface area (TPSA) is 29.5 Å². The van der Waals surface area contributed by atoms with Gasteiger partial charge in [-0.2, -0.15) is 0 Å². The van der Waals surface area contributed by atoms with E-state index in [-0.39, 0.29) is 0 Å². The Balaban J connectivity index is 1.71. The number of anilines is 1. The second kappa shape index (κ2) is 6.29. The van der Waals surface area contributed by atoms with Crippen LogP contribution in [0.4, 0.5) is 5.69 Å². The van der Waals surface area contributed by atoms with Gasteiger partial charge in [0.2, 0.25) is 0 Å². The van der Waals surface area contributed by atoms with E-state index in [1.807, 2.05) is 18.2 Å². The summed E-state index contributed by atoms with van der Waals surface area (Å²) in [5.74, 6) is 1.63. The van der Waals surface area contributed by atoms with Crippen molar-refractivity contribution in [3.63, 3.8) is 0 Å². The van der Waals surface area contributed by atoms with Crippen molar-refractivity contribution in [3.05, 3.63) is 24.3 Å². The molecule has 2 aliphatic rings. The molecule has 3 heteroatoms. The van der Waals surface area contributed by atoms with Crippen LogP contribution in [-0.2, 0) is 4.79 Å². The first kappa shape index (κ1) is 13.5. The molecule has 0 atom stereocenters. The molecular weight excluding hydrogens is 250 g/mol. The van der Waals surface area contributed by atoms with Crippen molar-refractivity contribution < 1.29 is 9.53 Å². The third-order valence-electron chi connectivity index (χ3n) is 4.44. The second-order valence-electron chi connectivity index (χ2n) is 5.89. The van der Waals surface area contributed by atoms with Crippen molar-refractivity contribution in [1.29, 1.82) is 0 Å². The molecule has 0 N–H and O–H groups in total. The minimum absolute atomic E-state index is 0.292. The van der Waals surface area contributed by atoms with E-state index in [1.54, 1.807) is 0 Å². The van der Waals surface area contributed by atoms with E-state index in [0.717, 1.165) is 43.9 Å². The molecule has 0 aromatic heterocycles. The van der Waals surface area contributed by atoms with Gasteiger partial charge in [-0.05, 0) is 31.4 Å². The number of ether oxygens (including phenoxy) is 1. The highest BCUT2D eigenvalue weighted by atomic mass is 16.5. The fourth-order valence-electron chi connectivity index (χ4n) is 3.30. The summed E-state index contributed by atoms with van der Waals surface area (Å²) in [5.41, 5.74) is 1.08.